The smallest absolute Gasteiger partial charge is 0.315 e. The number of carboxylic acids is 1. The van der Waals surface area contributed by atoms with Gasteiger partial charge in [-0.15, -0.1) is 0 Å². The highest BCUT2D eigenvalue weighted by Crippen LogP contribution is 2.76. The number of hydrogen-bond acceptors (Lipinski definition) is 13. The fourth-order valence-corrected chi connectivity index (χ4v) is 13.9. The van der Waals surface area contributed by atoms with Gasteiger partial charge in [-0.3, -0.25) is 9.59 Å². The molecule has 7 rings (SSSR count). The number of ether oxygens (including phenoxy) is 4. The van der Waals surface area contributed by atoms with Crippen LogP contribution < -0.4 is 0 Å². The van der Waals surface area contributed by atoms with Crippen LogP contribution in [0.25, 0.3) is 0 Å². The van der Waals surface area contributed by atoms with Crippen LogP contribution in [0.15, 0.2) is 11.6 Å². The average Bonchev–Trinajstić information content (AvgIpc) is 3.14. The summed E-state index contributed by atoms with van der Waals surface area (Å²) in [6, 6.07) is 0. The Morgan fingerprint density at radius 1 is 0.768 bits per heavy atom. The molecule has 0 aromatic heterocycles. The lowest BCUT2D eigenvalue weighted by molar-refractivity contribution is -0.324. The number of aliphatic carboxylic acids is 1. The molecule has 0 aromatic rings. The number of carbonyl (C=O) groups excluding carboxylic acids is 1. The first kappa shape index (κ1) is 42.4. The zero-order chi connectivity index (χ0) is 41.1. The van der Waals surface area contributed by atoms with Gasteiger partial charge in [-0.2, -0.15) is 0 Å². The molecule has 0 radical (unpaired) electrons. The summed E-state index contributed by atoms with van der Waals surface area (Å²) in [5.41, 5.74) is -2.93. The van der Waals surface area contributed by atoms with Crippen molar-refractivity contribution < 1.29 is 69.4 Å². The molecule has 6 fully saturated rings. The van der Waals surface area contributed by atoms with Gasteiger partial charge in [-0.05, 0) is 111 Å². The second kappa shape index (κ2) is 14.5. The topological polar surface area (TPSA) is 233 Å². The van der Waals surface area contributed by atoms with Gasteiger partial charge >= 0.3 is 11.9 Å². The zero-order valence-electron chi connectivity index (χ0n) is 33.9. The van der Waals surface area contributed by atoms with Gasteiger partial charge in [0.25, 0.3) is 0 Å². The SMILES string of the molecule is C[C@H]1[C@H](C)CC[C@]2(C(=O)O[C@@H]3O[C@H](CO)[C@@H](O)[C@H](O)[C@H]3O)CC[C@]3(C(=O)O)C(=CC[C@@H]4[C@@]5(C)CC[C@H](O[C@@H]6O[C@H](C)[C@@H](O)[C@H](O)[C@H]6O)C(C)(C)[C@@H]5CC[C@]43C)[C@H]12. The lowest BCUT2D eigenvalue weighted by atomic mass is 9.33. The Labute approximate surface area is 329 Å². The van der Waals surface area contributed by atoms with E-state index in [-0.39, 0.29) is 48.0 Å². The largest absolute Gasteiger partial charge is 0.481 e. The van der Waals surface area contributed by atoms with E-state index in [1.54, 1.807) is 6.92 Å². The first-order valence-electron chi connectivity index (χ1n) is 20.9. The maximum Gasteiger partial charge on any atom is 0.315 e. The predicted molar refractivity (Wildman–Crippen MR) is 198 cm³/mol. The van der Waals surface area contributed by atoms with Gasteiger partial charge in [-0.1, -0.05) is 53.2 Å². The maximum absolute atomic E-state index is 14.6. The van der Waals surface area contributed by atoms with Crippen molar-refractivity contribution in [1.82, 2.24) is 0 Å². The van der Waals surface area contributed by atoms with Gasteiger partial charge in [0.1, 0.15) is 42.7 Å². The van der Waals surface area contributed by atoms with Gasteiger partial charge in [0, 0.05) is 0 Å². The molecule has 4 saturated carbocycles. The van der Waals surface area contributed by atoms with Crippen molar-refractivity contribution in [3.05, 3.63) is 11.6 Å². The average molecular weight is 795 g/mol. The van der Waals surface area contributed by atoms with Gasteiger partial charge in [0.2, 0.25) is 6.29 Å². The van der Waals surface area contributed by atoms with Crippen LogP contribution in [0, 0.1) is 56.7 Å². The molecule has 0 unspecified atom stereocenters. The molecule has 20 atom stereocenters. The number of carboxylic acid groups (broad SMARTS) is 1. The Kier molecular flexibility index (Phi) is 11.0. The van der Waals surface area contributed by atoms with Crippen molar-refractivity contribution in [3.63, 3.8) is 0 Å². The fraction of sp³-hybridized carbons (Fsp3) is 0.905. The zero-order valence-corrected chi connectivity index (χ0v) is 33.9. The molecule has 56 heavy (non-hydrogen) atoms. The monoisotopic (exact) mass is 794 g/mol. The molecule has 14 nitrogen and oxygen atoms in total. The fourth-order valence-electron chi connectivity index (χ4n) is 13.9. The molecule has 7 aliphatic rings. The summed E-state index contributed by atoms with van der Waals surface area (Å²) in [5, 5.41) is 84.5. The summed E-state index contributed by atoms with van der Waals surface area (Å²) in [6.45, 7) is 14.0. The molecule has 318 valence electrons. The Bertz CT molecular complexity index is 1550. The van der Waals surface area contributed by atoms with Crippen molar-refractivity contribution in [2.45, 2.75) is 174 Å². The highest BCUT2D eigenvalue weighted by Gasteiger charge is 2.74. The van der Waals surface area contributed by atoms with Crippen LogP contribution in [0.3, 0.4) is 0 Å². The molecule has 8 N–H and O–H groups in total. The summed E-state index contributed by atoms with van der Waals surface area (Å²) in [6.07, 6.45) is -6.91. The van der Waals surface area contributed by atoms with Crippen LogP contribution in [0.2, 0.25) is 0 Å². The number of esters is 1. The Hall–Kier alpha value is -1.72. The molecule has 14 heteroatoms. The molecule has 2 heterocycles. The van der Waals surface area contributed by atoms with Crippen LogP contribution in [0.1, 0.15) is 106 Å². The maximum atomic E-state index is 14.6. The van der Waals surface area contributed by atoms with Crippen molar-refractivity contribution in [1.29, 1.82) is 0 Å². The van der Waals surface area contributed by atoms with Crippen molar-refractivity contribution in [3.8, 4) is 0 Å². The third kappa shape index (κ3) is 5.85. The van der Waals surface area contributed by atoms with Crippen LogP contribution in [-0.2, 0) is 28.5 Å². The minimum Gasteiger partial charge on any atom is -0.481 e. The lowest BCUT2D eigenvalue weighted by Gasteiger charge is -2.70. The van der Waals surface area contributed by atoms with E-state index in [1.165, 1.54) is 0 Å². The normalized spacial score (nSPS) is 54.0. The Morgan fingerprint density at radius 3 is 2.09 bits per heavy atom. The Morgan fingerprint density at radius 2 is 1.43 bits per heavy atom. The predicted octanol–water partition coefficient (Wildman–Crippen LogP) is 2.26. The van der Waals surface area contributed by atoms with E-state index in [2.05, 4.69) is 47.6 Å². The lowest BCUT2D eigenvalue weighted by Crippen LogP contribution is -2.68. The van der Waals surface area contributed by atoms with Gasteiger partial charge in [0.05, 0.1) is 29.6 Å². The second-order valence-electron chi connectivity index (χ2n) is 20.0. The number of hydrogen-bond donors (Lipinski definition) is 8. The van der Waals surface area contributed by atoms with E-state index in [4.69, 9.17) is 18.9 Å². The number of aliphatic hydroxyl groups is 7. The number of aliphatic hydroxyl groups excluding tert-OH is 7. The van der Waals surface area contributed by atoms with Crippen molar-refractivity contribution in [2.75, 3.05) is 6.61 Å². The number of rotatable bonds is 6. The van der Waals surface area contributed by atoms with Crippen LogP contribution in [-0.4, -0.2) is 127 Å². The summed E-state index contributed by atoms with van der Waals surface area (Å²) >= 11 is 0. The Balaban J connectivity index is 1.21. The summed E-state index contributed by atoms with van der Waals surface area (Å²) in [4.78, 5) is 28.8. The number of carbonyl (C=O) groups is 2. The molecule has 2 saturated heterocycles. The molecule has 2 aliphatic heterocycles. The third-order valence-electron chi connectivity index (χ3n) is 17.3. The molecule has 0 bridgehead atoms. The quantitative estimate of drug-likeness (QED) is 0.110. The van der Waals surface area contributed by atoms with E-state index in [0.29, 0.717) is 32.1 Å². The highest BCUT2D eigenvalue weighted by atomic mass is 16.7. The van der Waals surface area contributed by atoms with Gasteiger partial charge in [0.15, 0.2) is 6.29 Å². The second-order valence-corrected chi connectivity index (χ2v) is 20.0. The van der Waals surface area contributed by atoms with Gasteiger partial charge in [-0.25, -0.2) is 0 Å². The molecule has 5 aliphatic carbocycles. The third-order valence-corrected chi connectivity index (χ3v) is 17.3. The van der Waals surface area contributed by atoms with E-state index in [1.807, 2.05) is 0 Å². The van der Waals surface area contributed by atoms with Crippen molar-refractivity contribution in [2.24, 2.45) is 56.7 Å². The molecule has 0 amide bonds. The minimum atomic E-state index is -1.74. The summed E-state index contributed by atoms with van der Waals surface area (Å²) in [7, 11) is 0. The first-order chi connectivity index (χ1) is 26.1. The van der Waals surface area contributed by atoms with E-state index in [9.17, 15) is 50.4 Å². The number of fused-ring (bicyclic) bond motifs is 7. The van der Waals surface area contributed by atoms with E-state index in [0.717, 1.165) is 18.4 Å². The van der Waals surface area contributed by atoms with Crippen LogP contribution in [0.5, 0.6) is 0 Å². The summed E-state index contributed by atoms with van der Waals surface area (Å²) in [5.74, 6) is -1.73. The number of allylic oxidation sites excluding steroid dienone is 1. The van der Waals surface area contributed by atoms with Gasteiger partial charge < -0.3 is 59.8 Å². The molecular formula is C42H66O14. The van der Waals surface area contributed by atoms with Crippen LogP contribution >= 0.6 is 0 Å². The minimum absolute atomic E-state index is 0.00720. The van der Waals surface area contributed by atoms with E-state index < -0.39 is 108 Å². The van der Waals surface area contributed by atoms with Crippen molar-refractivity contribution >= 4 is 11.9 Å². The summed E-state index contributed by atoms with van der Waals surface area (Å²) < 4.78 is 23.9. The molecular weight excluding hydrogens is 728 g/mol. The standard InChI is InChI=1S/C42H66O14/c1-19-10-15-41(37(52)56-35-33(49)31(47)29(45)23(18-43)54-35)16-17-42(36(50)51)22(27(41)20(19)2)8-9-25-39(6)13-12-26(38(4,5)24(39)11-14-40(25,42)7)55-34-32(48)30(46)28(44)21(3)53-34/h8,19-21,23-35,43-49H,9-18H2,1-7H3,(H,50,51)/t19-,20+,21-,23-,24+,25-,26+,27+,28-,29-,30+,31+,32-,33-,34+,35+,39+,40-,41+,42-/m1/s1. The molecule has 0 aromatic carbocycles. The first-order valence-corrected chi connectivity index (χ1v) is 20.9. The van der Waals surface area contributed by atoms with E-state index >= 15 is 0 Å². The molecule has 0 spiro atoms. The highest BCUT2D eigenvalue weighted by molar-refractivity contribution is 5.85. The van der Waals surface area contributed by atoms with Crippen LogP contribution in [0.4, 0.5) is 0 Å².